The molecular weight excluding hydrogens is 845 g/mol. The SMILES string of the molecule is CC(=O)SCCNC(=O)CCNC(=O)C(O)C(C)(C)COP(=O)(O)OP(=O)(O)OC[C@H]1O[C@@H](n2cnc3c(N)ncnc32)[C@H](O)[C@@H]1OP(=O)(O)O.c1ccncc1. The molecule has 7 atom stereocenters. The predicted molar refractivity (Wildman–Crippen MR) is 197 cm³/mol. The molecule has 1 fully saturated rings. The lowest BCUT2D eigenvalue weighted by molar-refractivity contribution is -0.137. The number of nitrogens with zero attached hydrogens (tertiary/aromatic N) is 5. The highest BCUT2D eigenvalue weighted by Crippen LogP contribution is 2.61. The van der Waals surface area contributed by atoms with E-state index in [1.807, 2.05) is 18.2 Å². The third-order valence-corrected chi connectivity index (χ3v) is 11.3. The maximum absolute atomic E-state index is 12.6. The number of thioether (sulfide) groups is 1. The number of ether oxygens (including phenoxy) is 1. The summed E-state index contributed by atoms with van der Waals surface area (Å²) in [5.41, 5.74) is 4.26. The van der Waals surface area contributed by atoms with Gasteiger partial charge in [-0.2, -0.15) is 4.31 Å². The Kier molecular flexibility index (Phi) is 17.8. The standard InChI is InChI=1S/C23H38N7O17P3S.C5H5N/c1-12(31)51-7-6-25-14(32)4-5-26-21(35)18(34)23(2,3)9-44-50(41,42)47-49(39,40)43-8-13-17(46-48(36,37)38)16(33)22(45-13)30-11-29-15-19(24)27-10-28-20(15)30;1-2-4-6-5-3-1/h10-11,13,16-18,22,33-34H,4-9H2,1-3H3,(H,25,32)(H,26,35)(H,39,40)(H,41,42)(H2,24,27,28)(H2,36,37,38);1-5H/t13-,16-,17-,18?,22-;/m1./s1. The van der Waals surface area contributed by atoms with Crippen molar-refractivity contribution in [2.24, 2.45) is 5.41 Å². The van der Waals surface area contributed by atoms with Gasteiger partial charge in [-0.1, -0.05) is 31.7 Å². The summed E-state index contributed by atoms with van der Waals surface area (Å²) in [6, 6.07) is 5.72. The second-order valence-corrected chi connectivity index (χ2v) is 17.9. The topological polar surface area (TPSA) is 377 Å². The first-order valence-corrected chi connectivity index (χ1v) is 21.9. The Morgan fingerprint density at radius 3 is 2.28 bits per heavy atom. The Hall–Kier alpha value is -3.29. The number of nitrogens with two attached hydrogens (primary N) is 1. The first kappa shape index (κ1) is 48.1. The average Bonchev–Trinajstić information content (AvgIpc) is 3.69. The third kappa shape index (κ3) is 15.8. The van der Waals surface area contributed by atoms with Crippen LogP contribution >= 0.6 is 35.2 Å². The number of nitrogen functional groups attached to an aromatic ring is 1. The number of nitrogens with one attached hydrogen (secondary N) is 2. The van der Waals surface area contributed by atoms with E-state index in [4.69, 9.17) is 19.5 Å². The molecule has 0 spiro atoms. The number of aromatic nitrogens is 5. The normalized spacial score (nSPS) is 21.1. The number of carbonyl (C=O) groups is 3. The van der Waals surface area contributed by atoms with E-state index in [-0.39, 0.29) is 41.6 Å². The molecule has 2 amide bonds. The molecule has 3 aromatic heterocycles. The number of imidazole rings is 1. The van der Waals surface area contributed by atoms with Gasteiger partial charge in [0.1, 0.15) is 36.3 Å². The van der Waals surface area contributed by atoms with Crippen LogP contribution in [0.4, 0.5) is 5.82 Å². The molecule has 0 aliphatic carbocycles. The van der Waals surface area contributed by atoms with Crippen molar-refractivity contribution < 1.29 is 80.5 Å². The summed E-state index contributed by atoms with van der Waals surface area (Å²) in [5.74, 6) is -1.08. The molecule has 29 heteroatoms. The highest BCUT2D eigenvalue weighted by atomic mass is 32.2. The summed E-state index contributed by atoms with van der Waals surface area (Å²) in [4.78, 5) is 89.7. The quantitative estimate of drug-likeness (QED) is 0.0554. The van der Waals surface area contributed by atoms with Crippen molar-refractivity contribution >= 4 is 69.1 Å². The van der Waals surface area contributed by atoms with Crippen molar-refractivity contribution in [3.63, 3.8) is 0 Å². The van der Waals surface area contributed by atoms with Crippen LogP contribution < -0.4 is 16.4 Å². The lowest BCUT2D eigenvalue weighted by Crippen LogP contribution is -2.46. The molecule has 4 heterocycles. The maximum atomic E-state index is 12.6. The monoisotopic (exact) mass is 888 g/mol. The van der Waals surface area contributed by atoms with Gasteiger partial charge in [0, 0.05) is 50.0 Å². The molecule has 0 radical (unpaired) electrons. The van der Waals surface area contributed by atoms with Gasteiger partial charge in [0.2, 0.25) is 11.8 Å². The molecule has 0 aromatic carbocycles. The number of hydrogen-bond acceptors (Lipinski definition) is 19. The van der Waals surface area contributed by atoms with E-state index >= 15 is 0 Å². The van der Waals surface area contributed by atoms with Gasteiger partial charge in [0.25, 0.3) is 0 Å². The predicted octanol–water partition coefficient (Wildman–Crippen LogP) is -0.234. The number of aliphatic hydroxyl groups excluding tert-OH is 2. The lowest BCUT2D eigenvalue weighted by atomic mass is 9.87. The maximum Gasteiger partial charge on any atom is 0.481 e. The van der Waals surface area contributed by atoms with Gasteiger partial charge < -0.3 is 50.9 Å². The molecule has 1 aliphatic heterocycles. The summed E-state index contributed by atoms with van der Waals surface area (Å²) >= 11 is 1.03. The Morgan fingerprint density at radius 2 is 1.68 bits per heavy atom. The molecule has 10 N–H and O–H groups in total. The molecule has 25 nitrogen and oxygen atoms in total. The Labute approximate surface area is 328 Å². The van der Waals surface area contributed by atoms with Crippen molar-refractivity contribution in [3.05, 3.63) is 43.2 Å². The number of hydrogen-bond donors (Lipinski definition) is 9. The molecule has 1 aliphatic rings. The van der Waals surface area contributed by atoms with E-state index in [0.717, 1.165) is 29.0 Å². The minimum atomic E-state index is -5.56. The third-order valence-electron chi connectivity index (χ3n) is 7.37. The molecule has 4 rings (SSSR count). The fourth-order valence-corrected chi connectivity index (χ4v) is 7.96. The summed E-state index contributed by atoms with van der Waals surface area (Å²) < 4.78 is 61.8. The summed E-state index contributed by atoms with van der Waals surface area (Å²) in [6.45, 7) is 1.90. The number of fused-ring (bicyclic) bond motifs is 1. The van der Waals surface area contributed by atoms with Gasteiger partial charge in [-0.05, 0) is 12.1 Å². The van der Waals surface area contributed by atoms with E-state index in [1.54, 1.807) is 12.4 Å². The number of pyridine rings is 1. The Morgan fingerprint density at radius 1 is 1.02 bits per heavy atom. The van der Waals surface area contributed by atoms with Gasteiger partial charge in [-0.3, -0.25) is 37.5 Å². The zero-order valence-corrected chi connectivity index (χ0v) is 33.9. The summed E-state index contributed by atoms with van der Waals surface area (Å²) in [5, 5.41) is 26.1. The van der Waals surface area contributed by atoms with Crippen LogP contribution in [0.2, 0.25) is 0 Å². The number of phosphoric ester groups is 3. The summed E-state index contributed by atoms with van der Waals surface area (Å²) in [6.07, 6.45) is -3.38. The van der Waals surface area contributed by atoms with E-state index in [1.165, 1.54) is 20.8 Å². The van der Waals surface area contributed by atoms with Crippen LogP contribution in [0.5, 0.6) is 0 Å². The number of amides is 2. The van der Waals surface area contributed by atoms with Crippen LogP contribution in [0.25, 0.3) is 11.2 Å². The number of phosphoric acid groups is 3. The first-order chi connectivity index (χ1) is 26.5. The molecular formula is C28H43N8O17P3S. The van der Waals surface area contributed by atoms with Crippen LogP contribution in [-0.2, 0) is 50.7 Å². The zero-order valence-electron chi connectivity index (χ0n) is 30.4. The van der Waals surface area contributed by atoms with Crippen LogP contribution in [0.15, 0.2) is 43.2 Å². The highest BCUT2D eigenvalue weighted by Gasteiger charge is 2.50. The van der Waals surface area contributed by atoms with Crippen molar-refractivity contribution in [2.45, 2.75) is 57.8 Å². The van der Waals surface area contributed by atoms with Crippen molar-refractivity contribution in [3.8, 4) is 0 Å². The number of carbonyl (C=O) groups excluding carboxylic acids is 3. The second kappa shape index (κ2) is 21.1. The largest absolute Gasteiger partial charge is 0.481 e. The lowest BCUT2D eigenvalue weighted by Gasteiger charge is -2.30. The fraction of sp³-hybridized carbons (Fsp3) is 0.536. The number of anilines is 1. The average molecular weight is 889 g/mol. The molecule has 318 valence electrons. The highest BCUT2D eigenvalue weighted by molar-refractivity contribution is 8.13. The van der Waals surface area contributed by atoms with Gasteiger partial charge in [0.05, 0.1) is 19.5 Å². The van der Waals surface area contributed by atoms with Crippen LogP contribution in [0.3, 0.4) is 0 Å². The minimum Gasteiger partial charge on any atom is -0.386 e. The fourth-order valence-electron chi connectivity index (χ4n) is 4.64. The van der Waals surface area contributed by atoms with Crippen LogP contribution in [-0.4, -0.2) is 128 Å². The number of rotatable bonds is 19. The van der Waals surface area contributed by atoms with Gasteiger partial charge in [-0.25, -0.2) is 28.6 Å². The van der Waals surface area contributed by atoms with E-state index < -0.39 is 84.6 Å². The van der Waals surface area contributed by atoms with Crippen molar-refractivity contribution in [1.29, 1.82) is 0 Å². The molecule has 0 saturated carbocycles. The van der Waals surface area contributed by atoms with Crippen LogP contribution in [0.1, 0.15) is 33.4 Å². The molecule has 3 unspecified atom stereocenters. The van der Waals surface area contributed by atoms with E-state index in [9.17, 15) is 57.9 Å². The van der Waals surface area contributed by atoms with Crippen molar-refractivity contribution in [2.75, 3.05) is 37.8 Å². The Balaban J connectivity index is 0.00000132. The minimum absolute atomic E-state index is 0.0310. The second-order valence-electron chi connectivity index (χ2n) is 12.4. The van der Waals surface area contributed by atoms with Gasteiger partial charge in [-0.15, -0.1) is 0 Å². The van der Waals surface area contributed by atoms with Crippen molar-refractivity contribution in [1.82, 2.24) is 35.1 Å². The Bertz CT molecular complexity index is 1930. The zero-order chi connectivity index (χ0) is 42.6. The molecule has 0 bridgehead atoms. The smallest absolute Gasteiger partial charge is 0.386 e. The summed E-state index contributed by atoms with van der Waals surface area (Å²) in [7, 11) is -16.4. The molecule has 3 aromatic rings. The van der Waals surface area contributed by atoms with Gasteiger partial charge in [0.15, 0.2) is 22.8 Å². The first-order valence-electron chi connectivity index (χ1n) is 16.4. The van der Waals surface area contributed by atoms with E-state index in [0.29, 0.717) is 5.75 Å². The van der Waals surface area contributed by atoms with Gasteiger partial charge >= 0.3 is 23.5 Å². The molecule has 57 heavy (non-hydrogen) atoms. The number of aliphatic hydroxyl groups is 2. The van der Waals surface area contributed by atoms with E-state index in [2.05, 4.69) is 39.4 Å². The molecule has 1 saturated heterocycles. The van der Waals surface area contributed by atoms with Crippen LogP contribution in [0, 0.1) is 5.41 Å².